The summed E-state index contributed by atoms with van der Waals surface area (Å²) < 4.78 is 0. The van der Waals surface area contributed by atoms with Gasteiger partial charge in [0.1, 0.15) is 6.54 Å². The minimum atomic E-state index is -0.841. The van der Waals surface area contributed by atoms with Crippen LogP contribution in [0.3, 0.4) is 0 Å². The first kappa shape index (κ1) is 13.9. The molecule has 104 valence electrons. The molecule has 0 saturated carbocycles. The van der Waals surface area contributed by atoms with Gasteiger partial charge in [-0.3, -0.25) is 9.69 Å². The molecule has 4 heteroatoms. The SMILES string of the molecule is CC1CCN(Cc2ccc(NCC(=O)O)cc2)CC1. The first-order valence-electron chi connectivity index (χ1n) is 6.90. The molecule has 2 rings (SSSR count). The van der Waals surface area contributed by atoms with Crippen LogP contribution in [0.25, 0.3) is 0 Å². The van der Waals surface area contributed by atoms with Gasteiger partial charge < -0.3 is 10.4 Å². The standard InChI is InChI=1S/C15H22N2O2/c1-12-6-8-17(9-7-12)11-13-2-4-14(5-3-13)16-10-15(18)19/h2-5,12,16H,6-11H2,1H3,(H,18,19). The third-order valence-electron chi connectivity index (χ3n) is 3.68. The van der Waals surface area contributed by atoms with E-state index in [9.17, 15) is 4.79 Å². The number of benzene rings is 1. The molecule has 0 amide bonds. The van der Waals surface area contributed by atoms with E-state index in [1.165, 1.54) is 31.5 Å². The van der Waals surface area contributed by atoms with Crippen LogP contribution >= 0.6 is 0 Å². The predicted octanol–water partition coefficient (Wildman–Crippen LogP) is 2.42. The topological polar surface area (TPSA) is 52.6 Å². The lowest BCUT2D eigenvalue weighted by Gasteiger charge is -2.30. The molecule has 4 nitrogen and oxygen atoms in total. The van der Waals surface area contributed by atoms with Crippen molar-refractivity contribution in [3.05, 3.63) is 29.8 Å². The summed E-state index contributed by atoms with van der Waals surface area (Å²) in [7, 11) is 0. The zero-order valence-electron chi connectivity index (χ0n) is 11.4. The fourth-order valence-electron chi connectivity index (χ4n) is 2.38. The first-order valence-corrected chi connectivity index (χ1v) is 6.90. The Morgan fingerprint density at radius 2 is 1.95 bits per heavy atom. The normalized spacial score (nSPS) is 17.3. The molecule has 19 heavy (non-hydrogen) atoms. The minimum Gasteiger partial charge on any atom is -0.480 e. The fraction of sp³-hybridized carbons (Fsp3) is 0.533. The predicted molar refractivity (Wildman–Crippen MR) is 76.2 cm³/mol. The molecular formula is C15H22N2O2. The molecule has 1 fully saturated rings. The molecule has 1 saturated heterocycles. The molecule has 1 heterocycles. The number of aliphatic carboxylic acids is 1. The lowest BCUT2D eigenvalue weighted by atomic mass is 9.99. The molecule has 1 aromatic rings. The maximum atomic E-state index is 10.5. The molecule has 0 atom stereocenters. The number of piperidine rings is 1. The van der Waals surface area contributed by atoms with Gasteiger partial charge in [0.2, 0.25) is 0 Å². The van der Waals surface area contributed by atoms with Gasteiger partial charge in [0, 0.05) is 12.2 Å². The van der Waals surface area contributed by atoms with E-state index in [1.807, 2.05) is 12.1 Å². The van der Waals surface area contributed by atoms with Crippen molar-refractivity contribution in [1.29, 1.82) is 0 Å². The summed E-state index contributed by atoms with van der Waals surface area (Å²) in [5, 5.41) is 11.5. The van der Waals surface area contributed by atoms with Gasteiger partial charge in [0.15, 0.2) is 0 Å². The molecule has 0 radical (unpaired) electrons. The molecule has 0 unspecified atom stereocenters. The van der Waals surface area contributed by atoms with E-state index in [4.69, 9.17) is 5.11 Å². The minimum absolute atomic E-state index is 0.0383. The Bertz CT molecular complexity index is 409. The number of likely N-dealkylation sites (tertiary alicyclic amines) is 1. The van der Waals surface area contributed by atoms with Gasteiger partial charge >= 0.3 is 5.97 Å². The molecule has 1 aliphatic heterocycles. The average Bonchev–Trinajstić information content (AvgIpc) is 2.40. The van der Waals surface area contributed by atoms with Gasteiger partial charge in [-0.2, -0.15) is 0 Å². The second-order valence-corrected chi connectivity index (χ2v) is 5.40. The summed E-state index contributed by atoms with van der Waals surface area (Å²) >= 11 is 0. The third-order valence-corrected chi connectivity index (χ3v) is 3.68. The summed E-state index contributed by atoms with van der Waals surface area (Å²) in [4.78, 5) is 12.9. The lowest BCUT2D eigenvalue weighted by Crippen LogP contribution is -2.32. The van der Waals surface area contributed by atoms with Crippen molar-refractivity contribution in [2.75, 3.05) is 25.0 Å². The second kappa shape index (κ2) is 6.57. The molecular weight excluding hydrogens is 240 g/mol. The number of hydrogen-bond donors (Lipinski definition) is 2. The van der Waals surface area contributed by atoms with Crippen molar-refractivity contribution in [1.82, 2.24) is 4.90 Å². The monoisotopic (exact) mass is 262 g/mol. The van der Waals surface area contributed by atoms with Crippen LogP contribution in [0.5, 0.6) is 0 Å². The summed E-state index contributed by atoms with van der Waals surface area (Å²) in [5.41, 5.74) is 2.15. The highest BCUT2D eigenvalue weighted by atomic mass is 16.4. The van der Waals surface area contributed by atoms with Gasteiger partial charge in [-0.25, -0.2) is 0 Å². The maximum absolute atomic E-state index is 10.5. The largest absolute Gasteiger partial charge is 0.480 e. The van der Waals surface area contributed by atoms with E-state index in [2.05, 4.69) is 29.3 Å². The van der Waals surface area contributed by atoms with Crippen molar-refractivity contribution in [3.63, 3.8) is 0 Å². The number of anilines is 1. The van der Waals surface area contributed by atoms with Gasteiger partial charge in [0.05, 0.1) is 0 Å². The summed E-state index contributed by atoms with van der Waals surface area (Å²) in [6.07, 6.45) is 2.58. The quantitative estimate of drug-likeness (QED) is 0.855. The van der Waals surface area contributed by atoms with Gasteiger partial charge in [-0.1, -0.05) is 19.1 Å². The van der Waals surface area contributed by atoms with E-state index in [0.29, 0.717) is 0 Å². The Hall–Kier alpha value is -1.55. The summed E-state index contributed by atoms with van der Waals surface area (Å²) in [6, 6.07) is 8.04. The number of carboxylic acid groups (broad SMARTS) is 1. The zero-order chi connectivity index (χ0) is 13.7. The molecule has 1 aromatic carbocycles. The number of nitrogens with zero attached hydrogens (tertiary/aromatic N) is 1. The zero-order valence-corrected chi connectivity index (χ0v) is 11.4. The number of carboxylic acids is 1. The van der Waals surface area contributed by atoms with Crippen LogP contribution in [0.15, 0.2) is 24.3 Å². The van der Waals surface area contributed by atoms with Gasteiger partial charge in [-0.15, -0.1) is 0 Å². The Morgan fingerprint density at radius 3 is 2.53 bits per heavy atom. The Morgan fingerprint density at radius 1 is 1.32 bits per heavy atom. The molecule has 1 aliphatic rings. The highest BCUT2D eigenvalue weighted by Gasteiger charge is 2.15. The summed E-state index contributed by atoms with van der Waals surface area (Å²) in [6.45, 7) is 5.63. The number of carbonyl (C=O) groups is 1. The van der Waals surface area contributed by atoms with Crippen LogP contribution in [0.2, 0.25) is 0 Å². The van der Waals surface area contributed by atoms with Gasteiger partial charge in [-0.05, 0) is 49.5 Å². The van der Waals surface area contributed by atoms with Gasteiger partial charge in [0.25, 0.3) is 0 Å². The lowest BCUT2D eigenvalue weighted by molar-refractivity contribution is -0.134. The van der Waals surface area contributed by atoms with Crippen molar-refractivity contribution >= 4 is 11.7 Å². The smallest absolute Gasteiger partial charge is 0.322 e. The van der Waals surface area contributed by atoms with E-state index in [-0.39, 0.29) is 6.54 Å². The Labute approximate surface area is 114 Å². The first-order chi connectivity index (χ1) is 9.13. The van der Waals surface area contributed by atoms with E-state index in [1.54, 1.807) is 0 Å². The highest BCUT2D eigenvalue weighted by molar-refractivity contribution is 5.72. The highest BCUT2D eigenvalue weighted by Crippen LogP contribution is 2.18. The van der Waals surface area contributed by atoms with E-state index >= 15 is 0 Å². The average molecular weight is 262 g/mol. The van der Waals surface area contributed by atoms with Crippen molar-refractivity contribution in [3.8, 4) is 0 Å². The third kappa shape index (κ3) is 4.56. The number of nitrogens with one attached hydrogen (secondary N) is 1. The molecule has 0 bridgehead atoms. The van der Waals surface area contributed by atoms with E-state index in [0.717, 1.165) is 18.2 Å². The number of rotatable bonds is 5. The van der Waals surface area contributed by atoms with Crippen LogP contribution in [0.1, 0.15) is 25.3 Å². The molecule has 2 N–H and O–H groups in total. The number of hydrogen-bond acceptors (Lipinski definition) is 3. The fourth-order valence-corrected chi connectivity index (χ4v) is 2.38. The van der Waals surface area contributed by atoms with E-state index < -0.39 is 5.97 Å². The van der Waals surface area contributed by atoms with Crippen LogP contribution in [-0.4, -0.2) is 35.6 Å². The molecule has 0 aliphatic carbocycles. The van der Waals surface area contributed by atoms with Crippen molar-refractivity contribution in [2.45, 2.75) is 26.3 Å². The van der Waals surface area contributed by atoms with Crippen LogP contribution in [0, 0.1) is 5.92 Å². The molecule has 0 aromatic heterocycles. The Kier molecular flexibility index (Phi) is 4.80. The van der Waals surface area contributed by atoms with Crippen molar-refractivity contribution in [2.24, 2.45) is 5.92 Å². The van der Waals surface area contributed by atoms with Crippen LogP contribution in [0.4, 0.5) is 5.69 Å². The second-order valence-electron chi connectivity index (χ2n) is 5.40. The Balaban J connectivity index is 1.83. The maximum Gasteiger partial charge on any atom is 0.322 e. The summed E-state index contributed by atoms with van der Waals surface area (Å²) in [5.74, 6) is 0.0188. The van der Waals surface area contributed by atoms with Crippen LogP contribution < -0.4 is 5.32 Å². The molecule has 0 spiro atoms. The van der Waals surface area contributed by atoms with Crippen LogP contribution in [-0.2, 0) is 11.3 Å². The van der Waals surface area contributed by atoms with Crippen molar-refractivity contribution < 1.29 is 9.90 Å².